The molecule has 12 heteroatoms. The molecule has 0 aromatic heterocycles. The molecule has 0 N–H and O–H groups in total. The minimum absolute atomic E-state index is 0.0580. The highest BCUT2D eigenvalue weighted by Crippen LogP contribution is 2.53. The van der Waals surface area contributed by atoms with Gasteiger partial charge in [0, 0.05) is 6.42 Å². The van der Waals surface area contributed by atoms with Gasteiger partial charge in [0.2, 0.25) is 0 Å². The van der Waals surface area contributed by atoms with Gasteiger partial charge in [-0.1, -0.05) is 24.3 Å². The monoisotopic (exact) mass is 536 g/mol. The van der Waals surface area contributed by atoms with Crippen molar-refractivity contribution < 1.29 is 42.4 Å². The molecule has 2 aromatic rings. The normalized spacial score (nSPS) is 19.6. The Hall–Kier alpha value is -2.95. The third kappa shape index (κ3) is 6.68. The fourth-order valence-corrected chi connectivity index (χ4v) is 5.32. The van der Waals surface area contributed by atoms with E-state index in [1.165, 1.54) is 23.6 Å². The number of hydrogen-bond donors (Lipinski definition) is 0. The lowest BCUT2D eigenvalue weighted by atomic mass is 10.1. The second-order valence-corrected chi connectivity index (χ2v) is 11.4. The van der Waals surface area contributed by atoms with Crippen LogP contribution >= 0.6 is 7.67 Å². The third-order valence-electron chi connectivity index (χ3n) is 5.71. The molecule has 1 aliphatic heterocycles. The van der Waals surface area contributed by atoms with Crippen molar-refractivity contribution in [3.05, 3.63) is 59.7 Å². The van der Waals surface area contributed by atoms with Crippen LogP contribution < -0.4 is 9.47 Å². The van der Waals surface area contributed by atoms with Gasteiger partial charge >= 0.3 is 19.6 Å². The summed E-state index contributed by atoms with van der Waals surface area (Å²) in [6.45, 7) is -0.219. The molecule has 202 valence electrons. The predicted octanol–water partition coefficient (Wildman–Crippen LogP) is 3.45. The van der Waals surface area contributed by atoms with Crippen LogP contribution in [0, 0.1) is 0 Å². The van der Waals surface area contributed by atoms with Crippen LogP contribution in [0.25, 0.3) is 0 Å². The van der Waals surface area contributed by atoms with Crippen molar-refractivity contribution >= 4 is 19.6 Å². The molecule has 3 rings (SSSR count). The first-order valence-corrected chi connectivity index (χ1v) is 13.1. The van der Waals surface area contributed by atoms with Crippen molar-refractivity contribution in [2.45, 2.75) is 24.9 Å². The van der Waals surface area contributed by atoms with Crippen LogP contribution in [0.4, 0.5) is 0 Å². The van der Waals surface area contributed by atoms with Gasteiger partial charge in [-0.15, -0.1) is 0 Å². The number of methoxy groups -OCH3 is 2. The smallest absolute Gasteiger partial charge is 0.347 e. The van der Waals surface area contributed by atoms with Gasteiger partial charge in [-0.05, 0) is 52.5 Å². The average molecular weight is 537 g/mol. The van der Waals surface area contributed by atoms with E-state index in [1.54, 1.807) is 76.7 Å². The largest absolute Gasteiger partial charge is 0.496 e. The minimum Gasteiger partial charge on any atom is -0.496 e. The molecule has 0 saturated carbocycles. The van der Waals surface area contributed by atoms with Crippen LogP contribution in [0.3, 0.4) is 0 Å². The molecule has 0 aliphatic carbocycles. The van der Waals surface area contributed by atoms with E-state index < -0.39 is 38.1 Å². The average Bonchev–Trinajstić information content (AvgIpc) is 3.26. The van der Waals surface area contributed by atoms with Crippen LogP contribution in [-0.4, -0.2) is 88.8 Å². The van der Waals surface area contributed by atoms with E-state index >= 15 is 0 Å². The summed E-state index contributed by atoms with van der Waals surface area (Å²) in [5, 5.41) is 0. The summed E-state index contributed by atoms with van der Waals surface area (Å²) in [5.41, 5.74) is 0.467. The number of benzene rings is 2. The molecule has 11 nitrogen and oxygen atoms in total. The number of ether oxygens (including phenoxy) is 5. The van der Waals surface area contributed by atoms with Crippen molar-refractivity contribution in [1.29, 1.82) is 0 Å². The molecule has 1 fully saturated rings. The SMILES string of the molecule is COc1cccc(OC)c1C(=O)O[C@H]1C[C@H](OP(=O)(N(C)C)N(C)C)O[C@@H]1COC(=O)c1ccccc1. The summed E-state index contributed by atoms with van der Waals surface area (Å²) in [6.07, 6.45) is -2.69. The van der Waals surface area contributed by atoms with Crippen molar-refractivity contribution in [2.24, 2.45) is 0 Å². The zero-order valence-corrected chi connectivity index (χ0v) is 22.7. The van der Waals surface area contributed by atoms with E-state index in [-0.39, 0.29) is 30.1 Å². The van der Waals surface area contributed by atoms with Gasteiger partial charge in [0.15, 0.2) is 6.29 Å². The Morgan fingerprint density at radius 2 is 1.51 bits per heavy atom. The van der Waals surface area contributed by atoms with E-state index in [4.69, 9.17) is 28.2 Å². The Morgan fingerprint density at radius 1 is 0.919 bits per heavy atom. The zero-order valence-electron chi connectivity index (χ0n) is 21.8. The number of hydrogen-bond acceptors (Lipinski definition) is 9. The maximum absolute atomic E-state index is 13.4. The van der Waals surface area contributed by atoms with Gasteiger partial charge in [0.1, 0.15) is 35.9 Å². The fraction of sp³-hybridized carbons (Fsp3) is 0.440. The van der Waals surface area contributed by atoms with Gasteiger partial charge in [0.25, 0.3) is 0 Å². The van der Waals surface area contributed by atoms with Crippen LogP contribution in [0.1, 0.15) is 27.1 Å². The third-order valence-corrected chi connectivity index (χ3v) is 8.24. The number of carbonyl (C=O) groups is 2. The Morgan fingerprint density at radius 3 is 2.05 bits per heavy atom. The first kappa shape index (κ1) is 28.6. The van der Waals surface area contributed by atoms with Crippen LogP contribution in [0.5, 0.6) is 11.5 Å². The Kier molecular flexibility index (Phi) is 9.69. The van der Waals surface area contributed by atoms with Crippen molar-refractivity contribution in [3.8, 4) is 11.5 Å². The molecule has 1 heterocycles. The number of nitrogens with zero attached hydrogens (tertiary/aromatic N) is 2. The van der Waals surface area contributed by atoms with Crippen molar-refractivity contribution in [2.75, 3.05) is 49.0 Å². The quantitative estimate of drug-likeness (QED) is 0.311. The Balaban J connectivity index is 1.81. The maximum Gasteiger partial charge on any atom is 0.347 e. The molecule has 37 heavy (non-hydrogen) atoms. The summed E-state index contributed by atoms with van der Waals surface area (Å²) in [6, 6.07) is 13.4. The lowest BCUT2D eigenvalue weighted by Crippen LogP contribution is -2.32. The number of carbonyl (C=O) groups excluding carboxylic acids is 2. The molecule has 1 saturated heterocycles. The van der Waals surface area contributed by atoms with Gasteiger partial charge < -0.3 is 23.7 Å². The summed E-state index contributed by atoms with van der Waals surface area (Å²) in [4.78, 5) is 25.7. The molecule has 0 unspecified atom stereocenters. The molecule has 0 bridgehead atoms. The van der Waals surface area contributed by atoms with Crippen LogP contribution in [0.15, 0.2) is 48.5 Å². The molecule has 0 amide bonds. The Labute approximate surface area is 216 Å². The van der Waals surface area contributed by atoms with Crippen molar-refractivity contribution in [3.63, 3.8) is 0 Å². The van der Waals surface area contributed by atoms with E-state index in [9.17, 15) is 14.2 Å². The molecule has 3 atom stereocenters. The van der Waals surface area contributed by atoms with Gasteiger partial charge in [-0.2, -0.15) is 0 Å². The maximum atomic E-state index is 13.4. The summed E-state index contributed by atoms with van der Waals surface area (Å²) < 4.78 is 49.9. The first-order chi connectivity index (χ1) is 17.6. The minimum atomic E-state index is -3.42. The van der Waals surface area contributed by atoms with E-state index in [0.29, 0.717) is 5.56 Å². The summed E-state index contributed by atoms with van der Waals surface area (Å²) in [5.74, 6) is -0.732. The molecule has 0 radical (unpaired) electrons. The van der Waals surface area contributed by atoms with E-state index in [0.717, 1.165) is 0 Å². The first-order valence-electron chi connectivity index (χ1n) is 11.5. The molecule has 1 aliphatic rings. The zero-order chi connectivity index (χ0) is 27.2. The van der Waals surface area contributed by atoms with Gasteiger partial charge in [0.05, 0.1) is 19.8 Å². The highest BCUT2D eigenvalue weighted by atomic mass is 31.2. The second-order valence-electron chi connectivity index (χ2n) is 8.58. The topological polar surface area (TPSA) is 113 Å². The predicted molar refractivity (Wildman–Crippen MR) is 135 cm³/mol. The van der Waals surface area contributed by atoms with Crippen LogP contribution in [0.2, 0.25) is 0 Å². The summed E-state index contributed by atoms with van der Waals surface area (Å²) >= 11 is 0. The fourth-order valence-electron chi connectivity index (χ4n) is 3.78. The summed E-state index contributed by atoms with van der Waals surface area (Å²) in [7, 11) is 5.95. The number of rotatable bonds is 11. The Bertz CT molecular complexity index is 1090. The van der Waals surface area contributed by atoms with E-state index in [1.807, 2.05) is 0 Å². The highest BCUT2D eigenvalue weighted by molar-refractivity contribution is 7.53. The second kappa shape index (κ2) is 12.5. The molecular weight excluding hydrogens is 503 g/mol. The molecule has 2 aromatic carbocycles. The van der Waals surface area contributed by atoms with Gasteiger partial charge in [-0.3, -0.25) is 9.09 Å². The van der Waals surface area contributed by atoms with Crippen molar-refractivity contribution in [1.82, 2.24) is 9.34 Å². The van der Waals surface area contributed by atoms with Gasteiger partial charge in [-0.25, -0.2) is 18.9 Å². The highest BCUT2D eigenvalue weighted by Gasteiger charge is 2.44. The molecular formula is C25H33N2O9P. The van der Waals surface area contributed by atoms with Crippen LogP contribution in [-0.2, 0) is 23.3 Å². The lowest BCUT2D eigenvalue weighted by Gasteiger charge is -2.31. The molecule has 0 spiro atoms. The van der Waals surface area contributed by atoms with E-state index in [2.05, 4.69) is 0 Å². The standard InChI is InChI=1S/C25H33N2O9P/c1-26(2)37(30,27(3)4)36-22-15-20(21(34-22)16-33-24(28)17-11-8-7-9-12-17)35-25(29)23-18(31-5)13-10-14-19(23)32-6/h7-14,20-22H,15-16H2,1-6H3/t20-,21+,22-/m0/s1. The number of esters is 2. The lowest BCUT2D eigenvalue weighted by molar-refractivity contribution is -0.101.